The van der Waals surface area contributed by atoms with Crippen molar-refractivity contribution in [3.8, 4) is 46.0 Å². The van der Waals surface area contributed by atoms with Crippen molar-refractivity contribution in [2.45, 2.75) is 50.6 Å². The Morgan fingerprint density at radius 2 is 1.02 bits per heavy atom. The zero-order valence-electron chi connectivity index (χ0n) is 27.0. The highest BCUT2D eigenvalue weighted by molar-refractivity contribution is 5.55. The van der Waals surface area contributed by atoms with Crippen molar-refractivity contribution in [3.05, 3.63) is 94.0 Å². The van der Waals surface area contributed by atoms with Crippen LogP contribution < -0.4 is 18.9 Å². The molecule has 3 heterocycles. The minimum Gasteiger partial charge on any atom is -0.504 e. The first-order valence-corrected chi connectivity index (χ1v) is 16.1. The molecule has 8 heteroatoms. The van der Waals surface area contributed by atoms with Crippen LogP contribution in [0.25, 0.3) is 0 Å². The van der Waals surface area contributed by atoms with Gasteiger partial charge in [-0.3, -0.25) is 9.80 Å². The first kappa shape index (κ1) is 30.3. The molecule has 4 aromatic rings. The molecule has 0 saturated carbocycles. The molecule has 3 aliphatic rings. The lowest BCUT2D eigenvalue weighted by atomic mass is 9.88. The molecule has 2 atom stereocenters. The van der Waals surface area contributed by atoms with Gasteiger partial charge in [0.15, 0.2) is 46.0 Å². The van der Waals surface area contributed by atoms with Crippen LogP contribution in [-0.4, -0.2) is 61.4 Å². The summed E-state index contributed by atoms with van der Waals surface area (Å²) in [6.07, 6.45) is 5.10. The minimum atomic E-state index is 0.0940. The van der Waals surface area contributed by atoms with Gasteiger partial charge in [0.25, 0.3) is 0 Å². The predicted octanol–water partition coefficient (Wildman–Crippen LogP) is 7.34. The molecule has 0 fully saturated rings. The van der Waals surface area contributed by atoms with Crippen LogP contribution in [0.4, 0.5) is 0 Å². The summed E-state index contributed by atoms with van der Waals surface area (Å²) in [5.74, 6) is 3.51. The fourth-order valence-corrected chi connectivity index (χ4v) is 7.33. The molecule has 0 aromatic heterocycles. The molecule has 46 heavy (non-hydrogen) atoms. The van der Waals surface area contributed by atoms with Gasteiger partial charge in [-0.2, -0.15) is 0 Å². The van der Waals surface area contributed by atoms with Gasteiger partial charge in [-0.25, -0.2) is 0 Å². The summed E-state index contributed by atoms with van der Waals surface area (Å²) in [5.41, 5.74) is 7.02. The first-order chi connectivity index (χ1) is 22.3. The molecule has 2 N–H and O–H groups in total. The molecule has 4 aromatic carbocycles. The number of rotatable bonds is 2. The number of phenols is 2. The highest BCUT2D eigenvalue weighted by Crippen LogP contribution is 2.45. The molecule has 8 nitrogen and oxygen atoms in total. The van der Waals surface area contributed by atoms with E-state index in [1.54, 1.807) is 26.4 Å². The lowest BCUT2D eigenvalue weighted by Crippen LogP contribution is -2.32. The Bertz CT molecular complexity index is 1640. The number of aryl methyl sites for hydroxylation is 2. The van der Waals surface area contributed by atoms with E-state index in [-0.39, 0.29) is 23.6 Å². The van der Waals surface area contributed by atoms with Gasteiger partial charge in [-0.05, 0) is 135 Å². The maximum atomic E-state index is 10.9. The van der Waals surface area contributed by atoms with E-state index in [0.29, 0.717) is 34.5 Å². The van der Waals surface area contributed by atoms with Crippen LogP contribution in [0, 0.1) is 0 Å². The molecule has 0 saturated heterocycles. The summed E-state index contributed by atoms with van der Waals surface area (Å²) in [7, 11) is 7.63. The number of nitrogens with zero attached hydrogens (tertiary/aromatic N) is 2. The van der Waals surface area contributed by atoms with E-state index in [0.717, 1.165) is 62.7 Å². The van der Waals surface area contributed by atoms with E-state index in [1.807, 2.05) is 24.3 Å². The van der Waals surface area contributed by atoms with Gasteiger partial charge in [-0.15, -0.1) is 0 Å². The Balaban J connectivity index is 1.34. The van der Waals surface area contributed by atoms with Crippen molar-refractivity contribution in [2.75, 3.05) is 41.4 Å². The molecule has 8 bridgehead atoms. The Labute approximate surface area is 270 Å². The van der Waals surface area contributed by atoms with E-state index in [9.17, 15) is 10.2 Å². The summed E-state index contributed by atoms with van der Waals surface area (Å²) in [5, 5.41) is 21.7. The van der Waals surface area contributed by atoms with Crippen LogP contribution in [0.3, 0.4) is 0 Å². The van der Waals surface area contributed by atoms with E-state index in [1.165, 1.54) is 22.3 Å². The Morgan fingerprint density at radius 1 is 0.587 bits per heavy atom. The second kappa shape index (κ2) is 12.4. The highest BCUT2D eigenvalue weighted by atomic mass is 16.5. The average molecular weight is 623 g/mol. The van der Waals surface area contributed by atoms with E-state index in [2.05, 4.69) is 48.2 Å². The maximum absolute atomic E-state index is 10.9. The second-order valence-electron chi connectivity index (χ2n) is 12.8. The largest absolute Gasteiger partial charge is 0.504 e. The topological polar surface area (TPSA) is 83.9 Å². The molecule has 2 unspecified atom stereocenters. The molecule has 7 rings (SSSR count). The average Bonchev–Trinajstić information content (AvgIpc) is 3.05. The van der Waals surface area contributed by atoms with E-state index >= 15 is 0 Å². The number of phenolic OH excluding ortho intramolecular Hbond substituents is 2. The lowest BCUT2D eigenvalue weighted by molar-refractivity contribution is 0.218. The third kappa shape index (κ3) is 5.72. The first-order valence-electron chi connectivity index (χ1n) is 16.1. The number of likely N-dealkylation sites (N-methyl/N-ethyl adjacent to an activating group) is 2. The molecule has 3 aliphatic heterocycles. The summed E-state index contributed by atoms with van der Waals surface area (Å²) in [6, 6.07) is 19.9. The molecular formula is C38H42N2O6. The monoisotopic (exact) mass is 622 g/mol. The number of benzene rings is 4. The summed E-state index contributed by atoms with van der Waals surface area (Å²) >= 11 is 0. The molecule has 0 radical (unpaired) electrons. The van der Waals surface area contributed by atoms with Crippen LogP contribution in [0.1, 0.15) is 58.3 Å². The Morgan fingerprint density at radius 3 is 1.43 bits per heavy atom. The normalized spacial score (nSPS) is 19.8. The van der Waals surface area contributed by atoms with Crippen molar-refractivity contribution in [3.63, 3.8) is 0 Å². The van der Waals surface area contributed by atoms with Gasteiger partial charge in [0, 0.05) is 25.2 Å². The van der Waals surface area contributed by atoms with Crippen LogP contribution in [0.15, 0.2) is 60.7 Å². The summed E-state index contributed by atoms with van der Waals surface area (Å²) < 4.78 is 24.5. The van der Waals surface area contributed by atoms with Crippen molar-refractivity contribution in [2.24, 2.45) is 0 Å². The number of fused-ring (bicyclic) bond motifs is 6. The fraction of sp³-hybridized carbons (Fsp3) is 0.368. The number of hydrogen-bond acceptors (Lipinski definition) is 8. The quantitative estimate of drug-likeness (QED) is 0.240. The number of aromatic hydroxyl groups is 2. The van der Waals surface area contributed by atoms with Crippen LogP contribution >= 0.6 is 0 Å². The molecule has 0 amide bonds. The summed E-state index contributed by atoms with van der Waals surface area (Å²) in [4.78, 5) is 4.76. The molecule has 240 valence electrons. The lowest BCUT2D eigenvalue weighted by Gasteiger charge is -2.35. The van der Waals surface area contributed by atoms with Gasteiger partial charge in [0.2, 0.25) is 0 Å². The summed E-state index contributed by atoms with van der Waals surface area (Å²) in [6.45, 7) is 1.87. The van der Waals surface area contributed by atoms with Crippen LogP contribution in [-0.2, 0) is 25.7 Å². The third-order valence-corrected chi connectivity index (χ3v) is 10.0. The Kier molecular flexibility index (Phi) is 8.17. The zero-order chi connectivity index (χ0) is 31.9. The SMILES string of the molecule is COc1cc2c3cc1Oc1cc(ccc1O)CCC1c4cc(c(OC)cc4CCN1C)Oc1cc(ccc1O)CCC3N(C)CC2. The predicted molar refractivity (Wildman–Crippen MR) is 177 cm³/mol. The molecular weight excluding hydrogens is 580 g/mol. The number of hydrogen-bond donors (Lipinski definition) is 2. The van der Waals surface area contributed by atoms with Gasteiger partial charge in [0.1, 0.15) is 0 Å². The molecule has 0 spiro atoms. The number of methoxy groups -OCH3 is 2. The number of ether oxygens (including phenoxy) is 4. The highest BCUT2D eigenvalue weighted by Gasteiger charge is 2.29. The van der Waals surface area contributed by atoms with Gasteiger partial charge < -0.3 is 29.2 Å². The van der Waals surface area contributed by atoms with Gasteiger partial charge in [-0.1, -0.05) is 12.1 Å². The van der Waals surface area contributed by atoms with Gasteiger partial charge >= 0.3 is 0 Å². The maximum Gasteiger partial charge on any atom is 0.169 e. The van der Waals surface area contributed by atoms with Crippen molar-refractivity contribution in [1.29, 1.82) is 0 Å². The van der Waals surface area contributed by atoms with Crippen molar-refractivity contribution < 1.29 is 29.2 Å². The molecule has 0 aliphatic carbocycles. The standard InChI is InChI=1S/C38H42N2O6/c1-39-15-13-25-19-35(43-3)37-21-27(25)29(39)9-5-23-7-11-31(41)33(17-23)46-38-22-28-26(20-36(38)44-4)14-16-40(2)30(28)10-6-24-8-12-32(42)34(18-24)45-37/h7-8,11-12,17-22,29-30,41-42H,5-6,9-10,13-16H2,1-4H3. The smallest absolute Gasteiger partial charge is 0.169 e. The van der Waals surface area contributed by atoms with Gasteiger partial charge in [0.05, 0.1) is 14.2 Å². The van der Waals surface area contributed by atoms with E-state index in [4.69, 9.17) is 18.9 Å². The van der Waals surface area contributed by atoms with Crippen molar-refractivity contribution in [1.82, 2.24) is 9.80 Å². The second-order valence-corrected chi connectivity index (χ2v) is 12.8. The Hall–Kier alpha value is -4.40. The third-order valence-electron chi connectivity index (χ3n) is 10.0. The van der Waals surface area contributed by atoms with Crippen LogP contribution in [0.2, 0.25) is 0 Å². The van der Waals surface area contributed by atoms with Crippen molar-refractivity contribution >= 4 is 0 Å². The van der Waals surface area contributed by atoms with E-state index < -0.39 is 0 Å². The fourth-order valence-electron chi connectivity index (χ4n) is 7.33. The minimum absolute atomic E-state index is 0.0940. The van der Waals surface area contributed by atoms with Crippen LogP contribution in [0.5, 0.6) is 46.0 Å². The zero-order valence-corrected chi connectivity index (χ0v) is 27.0.